The van der Waals surface area contributed by atoms with Crippen molar-refractivity contribution in [2.24, 2.45) is 0 Å². The van der Waals surface area contributed by atoms with Gasteiger partial charge < -0.3 is 58.5 Å². The van der Waals surface area contributed by atoms with E-state index in [1.54, 1.807) is 0 Å². The standard InChI is InChI=1S/C33H49N5OSi.C32H47N5OSi.C27H35N5O/c1-33(2,3)40(7,8)39-22-21-37(6)26-15-16-29-28(23-26)32(35-31(34-29)25-13-14-25)38-19-17-24(18-20-38)27-11-9-10-12-30(27)36(4)5;1-32(2,3)39(6,7)38-21-18-33-25-14-15-28-27(22-25)31(35-30(34-28)24-12-13-24)37-19-16-23(17-20-37)26-10-8-9-11-29(26)36(4)5;1-30(2)25-7-5-4-6-22(25)19-12-14-32(15-13-19)27-23-18-21(31(3)16-17-33)10-11-24(23)28-26(29-27)20-8-9-20/h9-12,15-16,23-25H,13-14,17-22H2,1-8H3;8-11,14-15,22-24,33H,12-13,16-21H2,1-7H3;4-7,10-11,18-20,33H,8-9,12-17H2,1-3H3. The zero-order valence-electron chi connectivity index (χ0n) is 71.1. The molecule has 0 amide bonds. The lowest BCUT2D eigenvalue weighted by Gasteiger charge is -2.36. The van der Waals surface area contributed by atoms with Gasteiger partial charge in [0, 0.05) is 183 Å². The summed E-state index contributed by atoms with van der Waals surface area (Å²) >= 11 is 0. The fourth-order valence-electron chi connectivity index (χ4n) is 16.0. The van der Waals surface area contributed by atoms with Crippen molar-refractivity contribution in [3.8, 4) is 0 Å². The predicted molar refractivity (Wildman–Crippen MR) is 478 cm³/mol. The maximum Gasteiger partial charge on any atom is 0.192 e. The Morgan fingerprint density at radius 1 is 0.393 bits per heavy atom. The molecule has 0 spiro atoms. The molecule has 0 unspecified atom stereocenters. The predicted octanol–water partition coefficient (Wildman–Crippen LogP) is 19.2. The highest BCUT2D eigenvalue weighted by Gasteiger charge is 2.39. The lowest BCUT2D eigenvalue weighted by atomic mass is 9.88. The van der Waals surface area contributed by atoms with Gasteiger partial charge in [-0.25, -0.2) is 29.9 Å². The number of hydrogen-bond donors (Lipinski definition) is 2. The Labute approximate surface area is 672 Å². The van der Waals surface area contributed by atoms with Crippen LogP contribution in [0.2, 0.25) is 36.3 Å². The van der Waals surface area contributed by atoms with Gasteiger partial charge in [-0.15, -0.1) is 0 Å². The molecular formula is C92H131N15O3Si2. The van der Waals surface area contributed by atoms with Gasteiger partial charge in [-0.2, -0.15) is 0 Å². The normalized spacial score (nSPS) is 17.0. The number of benzene rings is 6. The SMILES string of the molecule is CN(C)c1ccccc1C1CCN(c2nc(C3CC3)nc3ccc(N(C)CCO)cc23)CC1.CN(C)c1ccccc1C1CCN(c2nc(C3CC3)nc3ccc(N(C)CCO[Si](C)(C)C(C)(C)C)cc23)CC1.CN(C)c1ccccc1C1CCN(c2nc(C3CC3)nc3ccc(NCCO[Si](C)(C)C(C)(C)C)cc23)CC1. The molecular weight excluding hydrogens is 1420 g/mol. The van der Waals surface area contributed by atoms with Crippen LogP contribution in [0.25, 0.3) is 32.7 Å². The third kappa shape index (κ3) is 19.4. The van der Waals surface area contributed by atoms with E-state index >= 15 is 0 Å². The Morgan fingerprint density at radius 3 is 1.04 bits per heavy atom. The van der Waals surface area contributed by atoms with Gasteiger partial charge in [0.25, 0.3) is 0 Å². The molecule has 0 atom stereocenters. The van der Waals surface area contributed by atoms with Gasteiger partial charge >= 0.3 is 0 Å². The minimum atomic E-state index is -1.76. The summed E-state index contributed by atoms with van der Waals surface area (Å²) in [5.74, 6) is 9.70. The maximum absolute atomic E-state index is 9.37. The molecule has 3 saturated carbocycles. The van der Waals surface area contributed by atoms with Gasteiger partial charge in [0.1, 0.15) is 34.9 Å². The summed E-state index contributed by atoms with van der Waals surface area (Å²) in [5, 5.41) is 16.9. The molecule has 3 aromatic heterocycles. The molecule has 6 aliphatic rings. The average molecular weight is 1550 g/mol. The zero-order chi connectivity index (χ0) is 79.4. The maximum atomic E-state index is 9.37. The highest BCUT2D eigenvalue weighted by Crippen LogP contribution is 2.47. The van der Waals surface area contributed by atoms with E-state index in [2.05, 4.69) is 289 Å². The molecule has 6 aromatic carbocycles. The Balaban J connectivity index is 0.000000148. The molecule has 3 saturated heterocycles. The number of para-hydroxylation sites is 3. The topological polar surface area (TPSA) is 154 Å². The Bertz CT molecular complexity index is 4660. The van der Waals surface area contributed by atoms with Crippen LogP contribution in [0.4, 0.5) is 51.6 Å². The van der Waals surface area contributed by atoms with Crippen LogP contribution in [0.5, 0.6) is 0 Å². The van der Waals surface area contributed by atoms with Gasteiger partial charge in [0.05, 0.1) is 36.4 Å². The Kier molecular flexibility index (Phi) is 25.5. The van der Waals surface area contributed by atoms with Crippen LogP contribution >= 0.6 is 0 Å². The largest absolute Gasteiger partial charge is 0.415 e. The summed E-state index contributed by atoms with van der Waals surface area (Å²) in [7, 11) is 13.5. The smallest absolute Gasteiger partial charge is 0.192 e. The summed E-state index contributed by atoms with van der Waals surface area (Å²) in [6.45, 7) is 33.0. The zero-order valence-corrected chi connectivity index (χ0v) is 73.1. The molecule has 0 radical (unpaired) electrons. The first-order chi connectivity index (χ1) is 53.5. The number of aromatic nitrogens is 6. The van der Waals surface area contributed by atoms with Gasteiger partial charge in [0.15, 0.2) is 16.6 Å². The number of aliphatic hydroxyl groups is 1. The van der Waals surface area contributed by atoms with E-state index in [0.29, 0.717) is 42.1 Å². The van der Waals surface area contributed by atoms with Crippen molar-refractivity contribution < 1.29 is 14.0 Å². The van der Waals surface area contributed by atoms with E-state index in [-0.39, 0.29) is 16.7 Å². The van der Waals surface area contributed by atoms with E-state index in [1.165, 1.54) is 83.4 Å². The molecule has 6 fully saturated rings. The molecule has 0 bridgehead atoms. The first-order valence-electron chi connectivity index (χ1n) is 42.1. The van der Waals surface area contributed by atoms with Crippen molar-refractivity contribution in [1.29, 1.82) is 0 Å². The lowest BCUT2D eigenvalue weighted by molar-refractivity contribution is 0.296. The quantitative estimate of drug-likeness (QED) is 0.0411. The first-order valence-corrected chi connectivity index (χ1v) is 47.9. The molecule has 3 aliphatic carbocycles. The highest BCUT2D eigenvalue weighted by molar-refractivity contribution is 6.74. The molecule has 2 N–H and O–H groups in total. The van der Waals surface area contributed by atoms with Crippen LogP contribution in [0.15, 0.2) is 127 Å². The van der Waals surface area contributed by atoms with Crippen LogP contribution in [-0.2, 0) is 8.85 Å². The number of nitrogens with zero attached hydrogens (tertiary/aromatic N) is 14. The Hall–Kier alpha value is -8.15. The van der Waals surface area contributed by atoms with E-state index in [0.717, 1.165) is 178 Å². The van der Waals surface area contributed by atoms with Gasteiger partial charge in [0.2, 0.25) is 0 Å². The molecule has 6 heterocycles. The molecule has 18 nitrogen and oxygen atoms in total. The molecule has 3 aliphatic heterocycles. The van der Waals surface area contributed by atoms with Crippen molar-refractivity contribution in [2.45, 2.75) is 190 Å². The van der Waals surface area contributed by atoms with Crippen LogP contribution in [0, 0.1) is 0 Å². The summed E-state index contributed by atoms with van der Waals surface area (Å²) in [4.78, 5) is 49.1. The number of fused-ring (bicyclic) bond motifs is 3. The second-order valence-corrected chi connectivity index (χ2v) is 46.1. The number of likely N-dealkylation sites (N-methyl/N-ethyl adjacent to an activating group) is 2. The third-order valence-corrected chi connectivity index (χ3v) is 34.6. The van der Waals surface area contributed by atoms with Crippen LogP contribution in [0.3, 0.4) is 0 Å². The Morgan fingerprint density at radius 2 is 0.714 bits per heavy atom. The first kappa shape index (κ1) is 81.9. The molecule has 112 heavy (non-hydrogen) atoms. The minimum absolute atomic E-state index is 0.139. The van der Waals surface area contributed by atoms with E-state index < -0.39 is 16.6 Å². The van der Waals surface area contributed by atoms with Crippen LogP contribution in [0.1, 0.15) is 188 Å². The molecule has 600 valence electrons. The van der Waals surface area contributed by atoms with Crippen molar-refractivity contribution in [1.82, 2.24) is 29.9 Å². The van der Waals surface area contributed by atoms with Crippen molar-refractivity contribution >= 4 is 101 Å². The van der Waals surface area contributed by atoms with Gasteiger partial charge in [-0.3, -0.25) is 0 Å². The van der Waals surface area contributed by atoms with Crippen molar-refractivity contribution in [3.05, 3.63) is 162 Å². The number of piperidine rings is 3. The molecule has 15 rings (SSSR count). The minimum Gasteiger partial charge on any atom is -0.415 e. The van der Waals surface area contributed by atoms with E-state index in [9.17, 15) is 5.11 Å². The van der Waals surface area contributed by atoms with E-state index in [4.69, 9.17) is 38.8 Å². The van der Waals surface area contributed by atoms with Crippen LogP contribution < -0.4 is 44.5 Å². The summed E-state index contributed by atoms with van der Waals surface area (Å²) in [5.41, 5.74) is 15.0. The van der Waals surface area contributed by atoms with Crippen molar-refractivity contribution in [3.63, 3.8) is 0 Å². The number of nitrogens with one attached hydrogen (secondary N) is 1. The summed E-state index contributed by atoms with van der Waals surface area (Å²) < 4.78 is 12.9. The molecule has 9 aromatic rings. The third-order valence-electron chi connectivity index (χ3n) is 25.5. The lowest BCUT2D eigenvalue weighted by Crippen LogP contribution is -2.42. The number of aliphatic hydroxyl groups excluding tert-OH is 1. The molecule has 20 heteroatoms. The summed E-state index contributed by atoms with van der Waals surface area (Å²) in [6.07, 6.45) is 14.0. The van der Waals surface area contributed by atoms with Gasteiger partial charge in [-0.1, -0.05) is 96.1 Å². The fraction of sp³-hybridized carbons (Fsp3) is 0.543. The number of rotatable bonds is 25. The van der Waals surface area contributed by atoms with E-state index in [1.807, 2.05) is 7.05 Å². The van der Waals surface area contributed by atoms with Gasteiger partial charge in [-0.05, 0) is 221 Å². The van der Waals surface area contributed by atoms with Crippen molar-refractivity contribution in [2.75, 3.05) is 180 Å². The monoisotopic (exact) mass is 1550 g/mol. The number of anilines is 9. The average Bonchev–Trinajstić information content (AvgIpc) is 1.03. The van der Waals surface area contributed by atoms with Crippen LogP contribution in [-0.4, -0.2) is 187 Å². The second kappa shape index (κ2) is 34.9. The second-order valence-electron chi connectivity index (χ2n) is 36.5. The number of hydrogen-bond acceptors (Lipinski definition) is 18. The highest BCUT2D eigenvalue weighted by atomic mass is 28.4. The summed E-state index contributed by atoms with van der Waals surface area (Å²) in [6, 6.07) is 46.3. The fourth-order valence-corrected chi connectivity index (χ4v) is 18.0.